The first kappa shape index (κ1) is 23.5. The molecule has 184 valence electrons. The molecule has 0 spiro atoms. The molecule has 35 heavy (non-hydrogen) atoms. The summed E-state index contributed by atoms with van der Waals surface area (Å²) in [7, 11) is 0. The molecule has 3 heterocycles. The van der Waals surface area contributed by atoms with E-state index in [0.717, 1.165) is 29.7 Å². The third kappa shape index (κ3) is 4.31. The number of rotatable bonds is 5. The second kappa shape index (κ2) is 8.75. The first-order valence-corrected chi connectivity index (χ1v) is 12.2. The number of carbonyl (C=O) groups excluding carboxylic acids is 2. The average Bonchev–Trinajstić information content (AvgIpc) is 3.46. The van der Waals surface area contributed by atoms with Crippen molar-refractivity contribution in [3.05, 3.63) is 53.5 Å². The van der Waals surface area contributed by atoms with E-state index in [1.807, 2.05) is 13.0 Å². The van der Waals surface area contributed by atoms with Crippen LogP contribution in [-0.2, 0) is 10.2 Å². The largest absolute Gasteiger partial charge is 0.449 e. The Morgan fingerprint density at radius 2 is 1.94 bits per heavy atom. The molecule has 1 aliphatic carbocycles. The number of carbonyl (C=O) groups is 2. The lowest BCUT2D eigenvalue weighted by Gasteiger charge is -2.40. The number of pyridine rings is 1. The number of furan rings is 1. The van der Waals surface area contributed by atoms with E-state index in [1.165, 1.54) is 12.1 Å². The third-order valence-corrected chi connectivity index (χ3v) is 7.35. The third-order valence-electron chi connectivity index (χ3n) is 7.35. The molecule has 0 radical (unpaired) electrons. The maximum Gasteiger partial charge on any atom is 0.289 e. The van der Waals surface area contributed by atoms with Crippen molar-refractivity contribution >= 4 is 22.9 Å². The number of amides is 2. The van der Waals surface area contributed by atoms with Gasteiger partial charge in [0.15, 0.2) is 11.3 Å². The molecule has 2 aromatic heterocycles. The smallest absolute Gasteiger partial charge is 0.289 e. The highest BCUT2D eigenvalue weighted by Crippen LogP contribution is 2.50. The van der Waals surface area contributed by atoms with Crippen molar-refractivity contribution < 1.29 is 23.5 Å². The highest BCUT2D eigenvalue weighted by molar-refractivity contribution is 5.96. The van der Waals surface area contributed by atoms with Gasteiger partial charge in [-0.15, -0.1) is 0 Å². The lowest BCUT2D eigenvalue weighted by molar-refractivity contribution is -0.144. The molecule has 1 saturated carbocycles. The molecule has 2 aliphatic rings. The molecule has 0 bridgehead atoms. The van der Waals surface area contributed by atoms with Crippen molar-refractivity contribution in [2.24, 2.45) is 0 Å². The Morgan fingerprint density at radius 1 is 1.23 bits per heavy atom. The summed E-state index contributed by atoms with van der Waals surface area (Å²) < 4.78 is 19.6. The van der Waals surface area contributed by atoms with Crippen LogP contribution < -0.4 is 0 Å². The maximum atomic E-state index is 13.4. The molecule has 2 amide bonds. The number of nitrogens with zero attached hydrogens (tertiary/aromatic N) is 3. The molecule has 0 unspecified atom stereocenters. The fourth-order valence-corrected chi connectivity index (χ4v) is 4.79. The molecular formula is C27H30FN3O4. The van der Waals surface area contributed by atoms with Gasteiger partial charge in [0.25, 0.3) is 11.8 Å². The first-order valence-electron chi connectivity index (χ1n) is 12.2. The zero-order valence-electron chi connectivity index (χ0n) is 20.3. The summed E-state index contributed by atoms with van der Waals surface area (Å²) in [5.74, 6) is -0.626. The molecule has 8 heteroatoms. The van der Waals surface area contributed by atoms with E-state index < -0.39 is 6.10 Å². The van der Waals surface area contributed by atoms with Crippen LogP contribution in [0.2, 0.25) is 0 Å². The fourth-order valence-electron chi connectivity index (χ4n) is 4.79. The van der Waals surface area contributed by atoms with Crippen molar-refractivity contribution in [1.29, 1.82) is 0 Å². The predicted octanol–water partition coefficient (Wildman–Crippen LogP) is 4.13. The molecule has 1 N–H and O–H groups in total. The normalized spacial score (nSPS) is 20.2. The Bertz CT molecular complexity index is 1280. The predicted molar refractivity (Wildman–Crippen MR) is 129 cm³/mol. The summed E-state index contributed by atoms with van der Waals surface area (Å²) in [6.07, 6.45) is 1.39. The molecule has 1 saturated heterocycles. The molecule has 1 aliphatic heterocycles. The number of aromatic nitrogens is 1. The summed E-state index contributed by atoms with van der Waals surface area (Å²) >= 11 is 0. The topological polar surface area (TPSA) is 86.9 Å². The van der Waals surface area contributed by atoms with Crippen molar-refractivity contribution in [3.63, 3.8) is 0 Å². The van der Waals surface area contributed by atoms with Crippen LogP contribution in [0.15, 0.2) is 40.8 Å². The van der Waals surface area contributed by atoms with E-state index in [-0.39, 0.29) is 34.8 Å². The standard InChI is InChI=1S/C27H30FN3O4/c1-4-22(32)25(33)31-12-11-30(15-16(31)2)26(34)23-14-21-24(35-23)19(27(3)9-10-27)13-20(29-21)17-5-7-18(28)8-6-17/h5-8,13-14,16,22,32H,4,9-12,15H2,1-3H3/t16-,22+/m0/s1. The van der Waals surface area contributed by atoms with Crippen LogP contribution in [-0.4, -0.2) is 63.5 Å². The van der Waals surface area contributed by atoms with Gasteiger partial charge in [0.05, 0.1) is 5.69 Å². The minimum atomic E-state index is -1.02. The van der Waals surface area contributed by atoms with Gasteiger partial charge in [-0.1, -0.05) is 13.8 Å². The zero-order chi connectivity index (χ0) is 24.9. The van der Waals surface area contributed by atoms with Gasteiger partial charge in [-0.25, -0.2) is 9.37 Å². The van der Waals surface area contributed by atoms with Gasteiger partial charge < -0.3 is 19.3 Å². The van der Waals surface area contributed by atoms with Crippen LogP contribution in [0.3, 0.4) is 0 Å². The number of halogens is 1. The second-order valence-corrected chi connectivity index (χ2v) is 10.0. The van der Waals surface area contributed by atoms with Gasteiger partial charge >= 0.3 is 0 Å². The van der Waals surface area contributed by atoms with Gasteiger partial charge in [-0.2, -0.15) is 0 Å². The minimum Gasteiger partial charge on any atom is -0.449 e. The monoisotopic (exact) mass is 479 g/mol. The van der Waals surface area contributed by atoms with E-state index in [4.69, 9.17) is 9.40 Å². The van der Waals surface area contributed by atoms with Gasteiger partial charge in [-0.05, 0) is 61.9 Å². The molecule has 1 aromatic carbocycles. The lowest BCUT2D eigenvalue weighted by atomic mass is 9.96. The summed E-state index contributed by atoms with van der Waals surface area (Å²) in [6, 6.07) is 9.69. The average molecular weight is 480 g/mol. The van der Waals surface area contributed by atoms with Gasteiger partial charge in [0.2, 0.25) is 0 Å². The summed E-state index contributed by atoms with van der Waals surface area (Å²) in [5, 5.41) is 9.93. The quantitative estimate of drug-likeness (QED) is 0.595. The van der Waals surface area contributed by atoms with Crippen LogP contribution >= 0.6 is 0 Å². The number of piperazine rings is 1. The van der Waals surface area contributed by atoms with Crippen molar-refractivity contribution in [2.75, 3.05) is 19.6 Å². The van der Waals surface area contributed by atoms with E-state index in [1.54, 1.807) is 34.9 Å². The zero-order valence-corrected chi connectivity index (χ0v) is 20.3. The lowest BCUT2D eigenvalue weighted by Crippen LogP contribution is -2.57. The molecule has 2 atom stereocenters. The summed E-state index contributed by atoms with van der Waals surface area (Å²) in [5.41, 5.74) is 3.72. The second-order valence-electron chi connectivity index (χ2n) is 10.0. The van der Waals surface area contributed by atoms with Gasteiger partial charge in [-0.3, -0.25) is 9.59 Å². The highest BCUT2D eigenvalue weighted by atomic mass is 19.1. The molecule has 5 rings (SSSR count). The molecule has 2 fully saturated rings. The highest BCUT2D eigenvalue weighted by Gasteiger charge is 2.42. The summed E-state index contributed by atoms with van der Waals surface area (Å²) in [4.78, 5) is 33.9. The SMILES string of the molecule is CC[C@@H](O)C(=O)N1CCN(C(=O)c2cc3nc(-c4ccc(F)cc4)cc(C4(C)CC4)c3o2)C[C@@H]1C. The fraction of sp³-hybridized carbons (Fsp3) is 0.444. The van der Waals surface area contributed by atoms with Crippen molar-refractivity contribution in [1.82, 2.24) is 14.8 Å². The van der Waals surface area contributed by atoms with Crippen LogP contribution in [0.1, 0.15) is 56.2 Å². The van der Waals surface area contributed by atoms with Crippen molar-refractivity contribution in [3.8, 4) is 11.3 Å². The number of hydrogen-bond acceptors (Lipinski definition) is 5. The first-order chi connectivity index (χ1) is 16.7. The van der Waals surface area contributed by atoms with Crippen LogP contribution in [0.25, 0.3) is 22.4 Å². The van der Waals surface area contributed by atoms with E-state index in [9.17, 15) is 19.1 Å². The van der Waals surface area contributed by atoms with Gasteiger partial charge in [0.1, 0.15) is 17.4 Å². The molecule has 7 nitrogen and oxygen atoms in total. The number of hydrogen-bond donors (Lipinski definition) is 1. The molecule has 3 aromatic rings. The Hall–Kier alpha value is -3.26. The number of benzene rings is 1. The maximum absolute atomic E-state index is 13.4. The van der Waals surface area contributed by atoms with E-state index >= 15 is 0 Å². The number of fused-ring (bicyclic) bond motifs is 1. The Balaban J connectivity index is 1.44. The summed E-state index contributed by atoms with van der Waals surface area (Å²) in [6.45, 7) is 6.89. The van der Waals surface area contributed by atoms with Gasteiger partial charge in [0, 0.05) is 42.9 Å². The van der Waals surface area contributed by atoms with Crippen molar-refractivity contribution in [2.45, 2.75) is 57.6 Å². The minimum absolute atomic E-state index is 0.0330. The Kier molecular flexibility index (Phi) is 5.87. The Labute approximate surface area is 203 Å². The van der Waals surface area contributed by atoms with Crippen LogP contribution in [0.4, 0.5) is 4.39 Å². The number of aliphatic hydroxyl groups is 1. The number of aliphatic hydroxyl groups excluding tert-OH is 1. The Morgan fingerprint density at radius 3 is 2.57 bits per heavy atom. The molecular weight excluding hydrogens is 449 g/mol. The van der Waals surface area contributed by atoms with E-state index in [2.05, 4.69) is 6.92 Å². The van der Waals surface area contributed by atoms with Crippen LogP contribution in [0, 0.1) is 5.82 Å². The van der Waals surface area contributed by atoms with Crippen LogP contribution in [0.5, 0.6) is 0 Å². The van der Waals surface area contributed by atoms with E-state index in [0.29, 0.717) is 37.2 Å².